The second-order valence-electron chi connectivity index (χ2n) is 10.5. The van der Waals surface area contributed by atoms with Gasteiger partial charge in [-0.25, -0.2) is 4.52 Å². The summed E-state index contributed by atoms with van der Waals surface area (Å²) in [7, 11) is 3.75. The molecule has 218 valence electrons. The number of amides is 1. The van der Waals surface area contributed by atoms with E-state index in [1.165, 1.54) is 12.1 Å². The molecule has 0 unspecified atom stereocenters. The number of alkyl halides is 3. The van der Waals surface area contributed by atoms with E-state index in [1.807, 2.05) is 37.9 Å². The Labute approximate surface area is 242 Å². The number of hydrogen-bond acceptors (Lipinski definition) is 6. The van der Waals surface area contributed by atoms with Gasteiger partial charge in [-0.2, -0.15) is 18.2 Å². The van der Waals surface area contributed by atoms with E-state index in [2.05, 4.69) is 37.5 Å². The maximum absolute atomic E-state index is 14.0. The number of halogens is 3. The zero-order valence-corrected chi connectivity index (χ0v) is 23.9. The predicted octanol–water partition coefficient (Wildman–Crippen LogP) is 4.81. The molecule has 1 aliphatic heterocycles. The van der Waals surface area contributed by atoms with E-state index in [0.717, 1.165) is 36.0 Å². The number of fused-ring (bicyclic) bond motifs is 1. The van der Waals surface area contributed by atoms with Crippen molar-refractivity contribution >= 4 is 23.2 Å². The molecule has 0 bridgehead atoms. The van der Waals surface area contributed by atoms with Gasteiger partial charge in [-0.1, -0.05) is 24.0 Å². The monoisotopic (exact) mass is 575 g/mol. The minimum Gasteiger partial charge on any atom is -0.356 e. The van der Waals surface area contributed by atoms with Gasteiger partial charge >= 0.3 is 6.18 Å². The maximum Gasteiger partial charge on any atom is 0.416 e. The molecule has 2 aromatic carbocycles. The fraction of sp³-hybridized carbons (Fsp3) is 0.323. The van der Waals surface area contributed by atoms with Crippen molar-refractivity contribution in [2.45, 2.75) is 26.6 Å². The number of likely N-dealkylation sites (N-methyl/N-ethyl adjacent to an activating group) is 1. The molecule has 0 aliphatic carbocycles. The third-order valence-electron chi connectivity index (χ3n) is 7.46. The molecule has 42 heavy (non-hydrogen) atoms. The summed E-state index contributed by atoms with van der Waals surface area (Å²) in [6, 6.07) is 12.7. The molecule has 11 heteroatoms. The minimum absolute atomic E-state index is 0.0837. The van der Waals surface area contributed by atoms with Crippen molar-refractivity contribution in [2.24, 2.45) is 0 Å². The average molecular weight is 576 g/mol. The molecule has 1 amide bonds. The largest absolute Gasteiger partial charge is 0.416 e. The van der Waals surface area contributed by atoms with Gasteiger partial charge in [0.25, 0.3) is 5.91 Å². The Bertz CT molecular complexity index is 1690. The van der Waals surface area contributed by atoms with Crippen molar-refractivity contribution in [1.82, 2.24) is 24.4 Å². The molecule has 8 nitrogen and oxygen atoms in total. The van der Waals surface area contributed by atoms with Crippen LogP contribution >= 0.6 is 0 Å². The zero-order valence-electron chi connectivity index (χ0n) is 23.9. The molecule has 5 rings (SSSR count). The van der Waals surface area contributed by atoms with Crippen LogP contribution in [0.1, 0.15) is 43.9 Å². The van der Waals surface area contributed by atoms with Crippen molar-refractivity contribution in [3.8, 4) is 11.8 Å². The van der Waals surface area contributed by atoms with E-state index >= 15 is 0 Å². The van der Waals surface area contributed by atoms with Crippen LogP contribution in [0, 0.1) is 25.7 Å². The lowest BCUT2D eigenvalue weighted by atomic mass is 10.0. The number of carbonyl (C=O) groups excluding carboxylic acids is 1. The fourth-order valence-corrected chi connectivity index (χ4v) is 4.85. The van der Waals surface area contributed by atoms with Gasteiger partial charge in [0, 0.05) is 62.1 Å². The van der Waals surface area contributed by atoms with Gasteiger partial charge in [0.2, 0.25) is 5.95 Å². The first-order chi connectivity index (χ1) is 20.0. The third kappa shape index (κ3) is 6.40. The summed E-state index contributed by atoms with van der Waals surface area (Å²) in [6.45, 7) is 7.02. The van der Waals surface area contributed by atoms with Crippen LogP contribution in [0.15, 0.2) is 48.5 Å². The Morgan fingerprint density at radius 3 is 2.43 bits per heavy atom. The number of anilines is 2. The Morgan fingerprint density at radius 1 is 0.976 bits per heavy atom. The fourth-order valence-electron chi connectivity index (χ4n) is 4.85. The van der Waals surface area contributed by atoms with Crippen LogP contribution in [-0.4, -0.2) is 70.6 Å². The van der Waals surface area contributed by atoms with Gasteiger partial charge in [-0.3, -0.25) is 9.69 Å². The summed E-state index contributed by atoms with van der Waals surface area (Å²) in [5, 5.41) is 9.95. The molecule has 1 saturated heterocycles. The highest BCUT2D eigenvalue weighted by atomic mass is 19.4. The number of pyridine rings is 1. The lowest BCUT2D eigenvalue weighted by Crippen LogP contribution is -2.44. The van der Waals surface area contributed by atoms with Gasteiger partial charge < -0.3 is 15.5 Å². The smallest absolute Gasteiger partial charge is 0.356 e. The van der Waals surface area contributed by atoms with E-state index in [1.54, 1.807) is 29.8 Å². The topological polar surface area (TPSA) is 77.8 Å². The number of aromatic nitrogens is 3. The molecule has 4 aromatic rings. The van der Waals surface area contributed by atoms with E-state index < -0.39 is 17.6 Å². The number of carbonyl (C=O) groups is 1. The van der Waals surface area contributed by atoms with Crippen LogP contribution in [0.3, 0.4) is 0 Å². The van der Waals surface area contributed by atoms with E-state index in [-0.39, 0.29) is 17.8 Å². The minimum atomic E-state index is -4.54. The van der Waals surface area contributed by atoms with Crippen LogP contribution in [0.5, 0.6) is 0 Å². The van der Waals surface area contributed by atoms with E-state index in [0.29, 0.717) is 35.8 Å². The van der Waals surface area contributed by atoms with Crippen molar-refractivity contribution < 1.29 is 18.0 Å². The lowest BCUT2D eigenvalue weighted by Gasteiger charge is -2.33. The summed E-state index contributed by atoms with van der Waals surface area (Å²) in [6.07, 6.45) is -4.54. The molecule has 0 spiro atoms. The molecule has 1 fully saturated rings. The Kier molecular flexibility index (Phi) is 8.20. The molecule has 0 radical (unpaired) electrons. The average Bonchev–Trinajstić information content (AvgIpc) is 3.39. The van der Waals surface area contributed by atoms with E-state index in [4.69, 9.17) is 0 Å². The highest BCUT2D eigenvalue weighted by Crippen LogP contribution is 2.34. The molecule has 2 aromatic heterocycles. The van der Waals surface area contributed by atoms with Crippen molar-refractivity contribution in [3.63, 3.8) is 0 Å². The number of nitrogens with zero attached hydrogens (tertiary/aromatic N) is 5. The maximum atomic E-state index is 14.0. The SMILES string of the molecule is CNc1nc2ccc(C#Cc3cc(C(=O)Nc4ccc(CN5CCN(C)CC5)c(C(F)(F)F)c4)ccc3C)c(C)n2n1. The Morgan fingerprint density at radius 2 is 1.71 bits per heavy atom. The van der Waals surface area contributed by atoms with Crippen molar-refractivity contribution in [1.29, 1.82) is 0 Å². The number of nitrogens with one attached hydrogen (secondary N) is 2. The molecule has 0 atom stereocenters. The van der Waals surface area contributed by atoms with Crippen molar-refractivity contribution in [3.05, 3.63) is 87.6 Å². The van der Waals surface area contributed by atoms with Gasteiger partial charge in [0.15, 0.2) is 5.65 Å². The van der Waals surface area contributed by atoms with Crippen LogP contribution in [0.25, 0.3) is 5.65 Å². The van der Waals surface area contributed by atoms with Gasteiger partial charge in [-0.15, -0.1) is 5.10 Å². The van der Waals surface area contributed by atoms with Crippen LogP contribution in [0.4, 0.5) is 24.8 Å². The number of rotatable bonds is 5. The second kappa shape index (κ2) is 11.8. The summed E-state index contributed by atoms with van der Waals surface area (Å²) in [4.78, 5) is 21.6. The first-order valence-electron chi connectivity index (χ1n) is 13.6. The summed E-state index contributed by atoms with van der Waals surface area (Å²) in [5.41, 5.74) is 3.59. The lowest BCUT2D eigenvalue weighted by molar-refractivity contribution is -0.138. The first-order valence-corrected chi connectivity index (χ1v) is 13.6. The number of benzene rings is 2. The highest BCUT2D eigenvalue weighted by molar-refractivity contribution is 6.04. The molecule has 3 heterocycles. The zero-order chi connectivity index (χ0) is 30.0. The summed E-state index contributed by atoms with van der Waals surface area (Å²) >= 11 is 0. The van der Waals surface area contributed by atoms with Crippen LogP contribution in [0.2, 0.25) is 0 Å². The Hall–Kier alpha value is -4.40. The highest BCUT2D eigenvalue weighted by Gasteiger charge is 2.34. The van der Waals surface area contributed by atoms with Gasteiger partial charge in [-0.05, 0) is 68.4 Å². The van der Waals surface area contributed by atoms with Crippen molar-refractivity contribution in [2.75, 3.05) is 50.9 Å². The molecular weight excluding hydrogens is 543 g/mol. The molecule has 1 aliphatic rings. The normalized spacial score (nSPS) is 14.5. The quantitative estimate of drug-likeness (QED) is 0.333. The van der Waals surface area contributed by atoms with Crippen LogP contribution in [-0.2, 0) is 12.7 Å². The molecule has 0 saturated carbocycles. The number of hydrogen-bond donors (Lipinski definition) is 2. The van der Waals surface area contributed by atoms with E-state index in [9.17, 15) is 18.0 Å². The molecular formula is C31H32F3N7O. The number of aryl methyl sites for hydroxylation is 2. The summed E-state index contributed by atoms with van der Waals surface area (Å²) < 4.78 is 43.7. The standard InChI is InChI=1S/C31H32F3N7O/c1-20-5-6-24(17-23(20)8-7-22-10-12-28-37-30(35-3)38-41(28)21(22)2)29(42)36-26-11-9-25(27(18-26)31(32,33)34)19-40-15-13-39(4)14-16-40/h5-6,9-12,17-18H,13-16,19H2,1-4H3,(H,35,38)(H,36,42). The van der Waals surface area contributed by atoms with Gasteiger partial charge in [0.05, 0.1) is 11.3 Å². The number of piperazine rings is 1. The predicted molar refractivity (Wildman–Crippen MR) is 157 cm³/mol. The van der Waals surface area contributed by atoms with Crippen LogP contribution < -0.4 is 10.6 Å². The first kappa shape index (κ1) is 29.1. The van der Waals surface area contributed by atoms with Gasteiger partial charge in [0.1, 0.15) is 0 Å². The third-order valence-corrected chi connectivity index (χ3v) is 7.46. The Balaban J connectivity index is 1.35. The second-order valence-corrected chi connectivity index (χ2v) is 10.5. The summed E-state index contributed by atoms with van der Waals surface area (Å²) in [5.74, 6) is 6.27. The molecule has 2 N–H and O–H groups in total.